The molecule has 1 fully saturated rings. The summed E-state index contributed by atoms with van der Waals surface area (Å²) in [6.45, 7) is 1.59. The Bertz CT molecular complexity index is 999. The van der Waals surface area contributed by atoms with Crippen molar-refractivity contribution in [1.82, 2.24) is 0 Å². The minimum absolute atomic E-state index is 0.0953. The van der Waals surface area contributed by atoms with E-state index in [4.69, 9.17) is 14.2 Å². The molecule has 5 rings (SSSR count). The number of fused-ring (bicyclic) bond motifs is 2. The molecular weight excluding hydrogens is 384 g/mol. The number of nitrogens with one attached hydrogen (secondary N) is 1. The van der Waals surface area contributed by atoms with Crippen molar-refractivity contribution in [2.45, 2.75) is 50.9 Å². The van der Waals surface area contributed by atoms with E-state index in [2.05, 4.69) is 5.32 Å². The highest BCUT2D eigenvalue weighted by atomic mass is 16.7. The van der Waals surface area contributed by atoms with Crippen molar-refractivity contribution in [2.24, 2.45) is 0 Å². The van der Waals surface area contributed by atoms with E-state index in [1.165, 1.54) is 11.3 Å². The molecule has 7 heteroatoms. The zero-order valence-electron chi connectivity index (χ0n) is 16.8. The van der Waals surface area contributed by atoms with Crippen molar-refractivity contribution in [3.63, 3.8) is 0 Å². The summed E-state index contributed by atoms with van der Waals surface area (Å²) in [5.74, 6) is 0.867. The molecule has 2 heterocycles. The average Bonchev–Trinajstić information content (AvgIpc) is 3.08. The molecule has 1 aliphatic carbocycles. The van der Waals surface area contributed by atoms with Gasteiger partial charge in [-0.3, -0.25) is 14.5 Å². The van der Waals surface area contributed by atoms with Crippen molar-refractivity contribution in [3.05, 3.63) is 42.5 Å². The monoisotopic (exact) mass is 408 g/mol. The maximum Gasteiger partial charge on any atom is 0.268 e. The topological polar surface area (TPSA) is 77.1 Å². The van der Waals surface area contributed by atoms with Crippen LogP contribution in [-0.4, -0.2) is 30.3 Å². The zero-order chi connectivity index (χ0) is 20.7. The fraction of sp³-hybridized carbons (Fsp3) is 0.391. The van der Waals surface area contributed by atoms with Crippen LogP contribution in [0.2, 0.25) is 0 Å². The number of nitrogens with zero attached hydrogens (tertiary/aromatic N) is 1. The fourth-order valence-corrected chi connectivity index (χ4v) is 4.33. The Labute approximate surface area is 174 Å². The van der Waals surface area contributed by atoms with Gasteiger partial charge >= 0.3 is 0 Å². The molecule has 2 aromatic carbocycles. The number of anilines is 2. The van der Waals surface area contributed by atoms with Gasteiger partial charge in [0.25, 0.3) is 11.7 Å². The number of ether oxygens (including phenoxy) is 3. The molecule has 1 N–H and O–H groups in total. The quantitative estimate of drug-likeness (QED) is 0.834. The van der Waals surface area contributed by atoms with Gasteiger partial charge in [-0.1, -0.05) is 18.6 Å². The molecular formula is C23H24N2O5. The van der Waals surface area contributed by atoms with E-state index in [1.807, 2.05) is 18.2 Å². The number of carbonyl (C=O) groups is 2. The number of benzene rings is 2. The Morgan fingerprint density at radius 1 is 1.07 bits per heavy atom. The molecule has 0 aromatic heterocycles. The number of hydrogen-bond acceptors (Lipinski definition) is 5. The van der Waals surface area contributed by atoms with Crippen LogP contribution in [0.25, 0.3) is 0 Å². The summed E-state index contributed by atoms with van der Waals surface area (Å²) in [6, 6.07) is 12.6. The summed E-state index contributed by atoms with van der Waals surface area (Å²) in [5.41, 5.74) is 1.21. The second-order valence-corrected chi connectivity index (χ2v) is 8.04. The minimum Gasteiger partial charge on any atom is -0.479 e. The number of para-hydroxylation sites is 2. The first-order valence-corrected chi connectivity index (χ1v) is 10.4. The van der Waals surface area contributed by atoms with Crippen LogP contribution in [0.15, 0.2) is 42.5 Å². The van der Waals surface area contributed by atoms with Crippen molar-refractivity contribution >= 4 is 23.2 Å². The molecule has 2 aromatic rings. The third-order valence-corrected chi connectivity index (χ3v) is 5.81. The summed E-state index contributed by atoms with van der Waals surface area (Å²) in [4.78, 5) is 26.8. The van der Waals surface area contributed by atoms with Crippen molar-refractivity contribution in [3.8, 4) is 17.2 Å². The molecule has 7 nitrogen and oxygen atoms in total. The van der Waals surface area contributed by atoms with Gasteiger partial charge in [-0.15, -0.1) is 0 Å². The van der Waals surface area contributed by atoms with Crippen LogP contribution >= 0.6 is 0 Å². The smallest absolute Gasteiger partial charge is 0.268 e. The lowest BCUT2D eigenvalue weighted by Gasteiger charge is -2.32. The number of amides is 2. The fourth-order valence-electron chi connectivity index (χ4n) is 4.33. The molecule has 1 atom stereocenters. The van der Waals surface area contributed by atoms with Crippen LogP contribution in [0.5, 0.6) is 17.2 Å². The Kier molecular flexibility index (Phi) is 4.53. The highest BCUT2D eigenvalue weighted by Gasteiger charge is 2.42. The predicted molar refractivity (Wildman–Crippen MR) is 111 cm³/mol. The largest absolute Gasteiger partial charge is 0.479 e. The van der Waals surface area contributed by atoms with Crippen LogP contribution in [0.3, 0.4) is 0 Å². The maximum absolute atomic E-state index is 12.7. The third-order valence-electron chi connectivity index (χ3n) is 5.81. The Hall–Kier alpha value is -3.22. The number of rotatable bonds is 3. The Morgan fingerprint density at radius 3 is 2.67 bits per heavy atom. The highest BCUT2D eigenvalue weighted by molar-refractivity contribution is 6.06. The molecule has 3 aliphatic rings. The van der Waals surface area contributed by atoms with Gasteiger partial charge in [0.05, 0.1) is 5.69 Å². The van der Waals surface area contributed by atoms with Crippen LogP contribution in [0, 0.1) is 0 Å². The molecule has 30 heavy (non-hydrogen) atoms. The molecule has 0 bridgehead atoms. The van der Waals surface area contributed by atoms with Gasteiger partial charge in [-0.05, 0) is 44.0 Å². The van der Waals surface area contributed by atoms with E-state index in [9.17, 15) is 9.59 Å². The molecule has 0 saturated heterocycles. The van der Waals surface area contributed by atoms with E-state index in [0.29, 0.717) is 28.6 Å². The lowest BCUT2D eigenvalue weighted by Crippen LogP contribution is -2.47. The van der Waals surface area contributed by atoms with Crippen molar-refractivity contribution in [1.29, 1.82) is 0 Å². The molecule has 2 aliphatic heterocycles. The molecule has 1 spiro atoms. The SMILES string of the molecule is CC1Oc2ccccc2N(CC(=O)Nc2ccc3c(c2)OC2(CCCCC2)O3)C1=O. The van der Waals surface area contributed by atoms with Crippen LogP contribution < -0.4 is 24.4 Å². The lowest BCUT2D eigenvalue weighted by molar-refractivity contribution is -0.127. The van der Waals surface area contributed by atoms with Gasteiger partial charge in [0.15, 0.2) is 17.6 Å². The highest BCUT2D eigenvalue weighted by Crippen LogP contribution is 2.46. The number of carbonyl (C=O) groups excluding carboxylic acids is 2. The summed E-state index contributed by atoms with van der Waals surface area (Å²) >= 11 is 0. The van der Waals surface area contributed by atoms with Crippen molar-refractivity contribution in [2.75, 3.05) is 16.8 Å². The van der Waals surface area contributed by atoms with Gasteiger partial charge in [0, 0.05) is 24.6 Å². The first-order valence-electron chi connectivity index (χ1n) is 10.4. The lowest BCUT2D eigenvalue weighted by atomic mass is 9.94. The first kappa shape index (κ1) is 18.8. The van der Waals surface area contributed by atoms with Crippen LogP contribution in [0.1, 0.15) is 39.0 Å². The molecule has 2 amide bonds. The van der Waals surface area contributed by atoms with Crippen LogP contribution in [-0.2, 0) is 9.59 Å². The summed E-state index contributed by atoms with van der Waals surface area (Å²) < 4.78 is 17.8. The first-order chi connectivity index (χ1) is 14.5. The molecule has 156 valence electrons. The van der Waals surface area contributed by atoms with Gasteiger partial charge in [0.2, 0.25) is 5.91 Å². The van der Waals surface area contributed by atoms with E-state index in [0.717, 1.165) is 25.7 Å². The standard InChI is InChI=1S/C23H24N2O5/c1-15-22(27)25(17-7-3-4-8-18(17)28-15)14-21(26)24-16-9-10-19-20(13-16)30-23(29-19)11-5-2-6-12-23/h3-4,7-10,13,15H,2,5-6,11-12,14H2,1H3,(H,24,26). The molecule has 0 radical (unpaired) electrons. The van der Waals surface area contributed by atoms with Gasteiger partial charge < -0.3 is 19.5 Å². The Morgan fingerprint density at radius 2 is 1.83 bits per heavy atom. The average molecular weight is 408 g/mol. The van der Waals surface area contributed by atoms with Crippen LogP contribution in [0.4, 0.5) is 11.4 Å². The van der Waals surface area contributed by atoms with Gasteiger partial charge in [-0.25, -0.2) is 0 Å². The molecule has 1 saturated carbocycles. The van der Waals surface area contributed by atoms with E-state index < -0.39 is 11.9 Å². The van der Waals surface area contributed by atoms with Crippen molar-refractivity contribution < 1.29 is 23.8 Å². The number of hydrogen-bond donors (Lipinski definition) is 1. The summed E-state index contributed by atoms with van der Waals surface area (Å²) in [6.07, 6.45) is 4.50. The second kappa shape index (κ2) is 7.23. The van der Waals surface area contributed by atoms with Gasteiger partial charge in [-0.2, -0.15) is 0 Å². The van der Waals surface area contributed by atoms with Gasteiger partial charge in [0.1, 0.15) is 12.3 Å². The van der Waals surface area contributed by atoms with E-state index in [-0.39, 0.29) is 18.4 Å². The maximum atomic E-state index is 12.7. The predicted octanol–water partition coefficient (Wildman–Crippen LogP) is 3.87. The minimum atomic E-state index is -0.634. The molecule has 1 unspecified atom stereocenters. The second-order valence-electron chi connectivity index (χ2n) is 8.04. The summed E-state index contributed by atoms with van der Waals surface area (Å²) in [5, 5.41) is 2.87. The normalized spacial score (nSPS) is 21.2. The Balaban J connectivity index is 1.29. The third kappa shape index (κ3) is 3.34. The van der Waals surface area contributed by atoms with E-state index in [1.54, 1.807) is 31.2 Å². The van der Waals surface area contributed by atoms with E-state index >= 15 is 0 Å². The summed E-state index contributed by atoms with van der Waals surface area (Å²) in [7, 11) is 0. The zero-order valence-corrected chi connectivity index (χ0v) is 16.8.